The summed E-state index contributed by atoms with van der Waals surface area (Å²) in [7, 11) is -0.592. The number of nitrogens with zero attached hydrogens (tertiary/aromatic N) is 1. The number of hydrogen-bond donors (Lipinski definition) is 2. The number of carbonyl (C=O) groups excluding carboxylic acids is 1. The molecule has 0 aromatic heterocycles. The van der Waals surface area contributed by atoms with Gasteiger partial charge in [-0.05, 0) is 53.5 Å². The monoisotopic (exact) mass is 389 g/mol. The van der Waals surface area contributed by atoms with Gasteiger partial charge in [0.1, 0.15) is 0 Å². The van der Waals surface area contributed by atoms with Crippen LogP contribution in [-0.2, 0) is 10.0 Å². The van der Waals surface area contributed by atoms with Crippen LogP contribution in [0.5, 0.6) is 0 Å². The normalized spacial score (nSPS) is 18.6. The van der Waals surface area contributed by atoms with Crippen LogP contribution in [-0.4, -0.2) is 51.9 Å². The van der Waals surface area contributed by atoms with Crippen molar-refractivity contribution < 1.29 is 13.2 Å². The maximum Gasteiger partial charge on any atom is 0.251 e. The zero-order valence-electron chi connectivity index (χ0n) is 12.6. The van der Waals surface area contributed by atoms with Gasteiger partial charge in [-0.3, -0.25) is 4.79 Å². The fraction of sp³-hybridized carbons (Fsp3) is 0.500. The SMILES string of the molecule is CN(C)S(=O)(=O)c1ccc(C(=O)NCC2CCCN2)cc1Br. The summed E-state index contributed by atoms with van der Waals surface area (Å²) in [6.07, 6.45) is 2.19. The third kappa shape index (κ3) is 3.87. The van der Waals surface area contributed by atoms with Crippen molar-refractivity contribution in [1.29, 1.82) is 0 Å². The Labute approximate surface area is 139 Å². The van der Waals surface area contributed by atoms with Crippen LogP contribution in [0.4, 0.5) is 0 Å². The van der Waals surface area contributed by atoms with E-state index < -0.39 is 10.0 Å². The number of benzene rings is 1. The van der Waals surface area contributed by atoms with Crippen LogP contribution in [0.2, 0.25) is 0 Å². The van der Waals surface area contributed by atoms with Gasteiger partial charge < -0.3 is 10.6 Å². The van der Waals surface area contributed by atoms with Crippen molar-refractivity contribution >= 4 is 31.9 Å². The zero-order valence-corrected chi connectivity index (χ0v) is 15.0. The van der Waals surface area contributed by atoms with E-state index >= 15 is 0 Å². The van der Waals surface area contributed by atoms with Crippen molar-refractivity contribution in [3.63, 3.8) is 0 Å². The molecule has 6 nitrogen and oxygen atoms in total. The van der Waals surface area contributed by atoms with Crippen molar-refractivity contribution in [2.75, 3.05) is 27.2 Å². The van der Waals surface area contributed by atoms with Crippen LogP contribution in [0.15, 0.2) is 27.6 Å². The summed E-state index contributed by atoms with van der Waals surface area (Å²) in [6, 6.07) is 4.83. The van der Waals surface area contributed by atoms with E-state index in [2.05, 4.69) is 26.6 Å². The number of hydrogen-bond acceptors (Lipinski definition) is 4. The van der Waals surface area contributed by atoms with Gasteiger partial charge in [-0.15, -0.1) is 0 Å². The molecule has 122 valence electrons. The van der Waals surface area contributed by atoms with Crippen molar-refractivity contribution in [1.82, 2.24) is 14.9 Å². The van der Waals surface area contributed by atoms with Crippen molar-refractivity contribution in [2.24, 2.45) is 0 Å². The molecule has 1 atom stereocenters. The molecule has 0 bridgehead atoms. The van der Waals surface area contributed by atoms with Crippen LogP contribution < -0.4 is 10.6 Å². The molecular formula is C14H20BrN3O3S. The van der Waals surface area contributed by atoms with Crippen molar-refractivity contribution in [2.45, 2.75) is 23.8 Å². The van der Waals surface area contributed by atoms with Crippen molar-refractivity contribution in [3.05, 3.63) is 28.2 Å². The average Bonchev–Trinajstić information content (AvgIpc) is 2.97. The van der Waals surface area contributed by atoms with Gasteiger partial charge in [0.15, 0.2) is 0 Å². The Kier molecular flexibility index (Phi) is 5.60. The second-order valence-corrected chi connectivity index (χ2v) is 8.41. The van der Waals surface area contributed by atoms with E-state index in [-0.39, 0.29) is 10.8 Å². The fourth-order valence-electron chi connectivity index (χ4n) is 2.30. The van der Waals surface area contributed by atoms with E-state index in [4.69, 9.17) is 0 Å². The minimum atomic E-state index is -3.53. The number of rotatable bonds is 5. The van der Waals surface area contributed by atoms with Crippen LogP contribution in [0, 0.1) is 0 Å². The van der Waals surface area contributed by atoms with Crippen LogP contribution in [0.3, 0.4) is 0 Å². The first-order chi connectivity index (χ1) is 10.3. The maximum atomic E-state index is 12.1. The van der Waals surface area contributed by atoms with E-state index in [0.717, 1.165) is 23.7 Å². The van der Waals surface area contributed by atoms with Gasteiger partial charge >= 0.3 is 0 Å². The minimum Gasteiger partial charge on any atom is -0.350 e. The minimum absolute atomic E-state index is 0.145. The highest BCUT2D eigenvalue weighted by atomic mass is 79.9. The summed E-state index contributed by atoms with van der Waals surface area (Å²) >= 11 is 3.24. The molecule has 1 heterocycles. The van der Waals surface area contributed by atoms with Crippen molar-refractivity contribution in [3.8, 4) is 0 Å². The van der Waals surface area contributed by atoms with Gasteiger partial charge in [0.05, 0.1) is 4.90 Å². The molecule has 2 rings (SSSR count). The Morgan fingerprint density at radius 3 is 2.73 bits per heavy atom. The lowest BCUT2D eigenvalue weighted by atomic mass is 10.2. The Balaban J connectivity index is 2.10. The molecule has 1 unspecified atom stereocenters. The number of sulfonamides is 1. The molecule has 0 radical (unpaired) electrons. The number of carbonyl (C=O) groups is 1. The van der Waals surface area contributed by atoms with E-state index in [0.29, 0.717) is 22.6 Å². The van der Waals surface area contributed by atoms with Gasteiger partial charge in [-0.2, -0.15) is 0 Å². The lowest BCUT2D eigenvalue weighted by Gasteiger charge is -2.14. The molecule has 1 aliphatic rings. The van der Waals surface area contributed by atoms with E-state index in [1.54, 1.807) is 0 Å². The lowest BCUT2D eigenvalue weighted by Crippen LogP contribution is -2.37. The third-order valence-corrected chi connectivity index (χ3v) is 6.42. The molecule has 22 heavy (non-hydrogen) atoms. The van der Waals surface area contributed by atoms with Gasteiger partial charge in [-0.25, -0.2) is 12.7 Å². The first-order valence-electron chi connectivity index (χ1n) is 7.06. The summed E-state index contributed by atoms with van der Waals surface area (Å²) < 4.78 is 25.8. The highest BCUT2D eigenvalue weighted by Gasteiger charge is 2.22. The van der Waals surface area contributed by atoms with Gasteiger partial charge in [0, 0.05) is 36.7 Å². The maximum absolute atomic E-state index is 12.1. The predicted molar refractivity (Wildman–Crippen MR) is 88.4 cm³/mol. The molecule has 1 fully saturated rings. The molecule has 0 spiro atoms. The summed E-state index contributed by atoms with van der Waals surface area (Å²) in [5, 5.41) is 6.17. The van der Waals surface area contributed by atoms with Crippen LogP contribution >= 0.6 is 15.9 Å². The lowest BCUT2D eigenvalue weighted by molar-refractivity contribution is 0.0950. The molecule has 1 aromatic carbocycles. The number of nitrogens with one attached hydrogen (secondary N) is 2. The molecule has 1 aromatic rings. The van der Waals surface area contributed by atoms with Gasteiger partial charge in [0.2, 0.25) is 10.0 Å². The summed E-state index contributed by atoms with van der Waals surface area (Å²) in [5.41, 5.74) is 0.433. The fourth-order valence-corrected chi connectivity index (χ4v) is 4.23. The topological polar surface area (TPSA) is 78.5 Å². The second-order valence-electron chi connectivity index (χ2n) is 5.44. The molecule has 2 N–H and O–H groups in total. The molecule has 8 heteroatoms. The van der Waals surface area contributed by atoms with E-state index in [9.17, 15) is 13.2 Å². The molecule has 1 aliphatic heterocycles. The van der Waals surface area contributed by atoms with E-state index in [1.807, 2.05) is 0 Å². The zero-order chi connectivity index (χ0) is 16.3. The highest BCUT2D eigenvalue weighted by molar-refractivity contribution is 9.10. The Hall–Kier alpha value is -0.960. The third-order valence-electron chi connectivity index (χ3n) is 3.62. The second kappa shape index (κ2) is 7.08. The highest BCUT2D eigenvalue weighted by Crippen LogP contribution is 2.25. The predicted octanol–water partition coefficient (Wildman–Crippen LogP) is 1.18. The van der Waals surface area contributed by atoms with Gasteiger partial charge in [0.25, 0.3) is 5.91 Å². The largest absolute Gasteiger partial charge is 0.350 e. The standard InChI is InChI=1S/C14H20BrN3O3S/c1-18(2)22(20,21)13-6-5-10(8-12(13)15)14(19)17-9-11-4-3-7-16-11/h5-6,8,11,16H,3-4,7,9H2,1-2H3,(H,17,19). The van der Waals surface area contributed by atoms with E-state index in [1.165, 1.54) is 32.3 Å². The number of amides is 1. The van der Waals surface area contributed by atoms with Gasteiger partial charge in [-0.1, -0.05) is 0 Å². The first kappa shape index (κ1) is 17.4. The Morgan fingerprint density at radius 2 is 2.18 bits per heavy atom. The molecular weight excluding hydrogens is 370 g/mol. The molecule has 0 aliphatic carbocycles. The number of halogens is 1. The Morgan fingerprint density at radius 1 is 1.45 bits per heavy atom. The summed E-state index contributed by atoms with van der Waals surface area (Å²) in [6.45, 7) is 1.57. The molecule has 0 saturated carbocycles. The quantitative estimate of drug-likeness (QED) is 0.792. The van der Waals surface area contributed by atoms with Crippen LogP contribution in [0.1, 0.15) is 23.2 Å². The first-order valence-corrected chi connectivity index (χ1v) is 9.29. The summed E-state index contributed by atoms with van der Waals surface area (Å²) in [4.78, 5) is 12.3. The molecule has 1 amide bonds. The average molecular weight is 390 g/mol. The Bertz CT molecular complexity index is 655. The summed E-state index contributed by atoms with van der Waals surface area (Å²) in [5.74, 6) is -0.205. The molecule has 1 saturated heterocycles. The van der Waals surface area contributed by atoms with Crippen LogP contribution in [0.25, 0.3) is 0 Å². The smallest absolute Gasteiger partial charge is 0.251 e.